The summed E-state index contributed by atoms with van der Waals surface area (Å²) < 4.78 is 7.86. The number of benzene rings is 2. The standard InChI is InChI=1S/C25H23N7O2/c1-16(25(33)26-2)34-22-8-5-7-20-23(22)24(29-15-28-20)31-18-9-10-21-17(12-18)13-30-32(21)14-19-6-3-4-11-27-19/h3-13,15-16H,14H2,1-2H3,(H,26,33)(H,28,29,31)/t16-/m0/s1. The lowest BCUT2D eigenvalue weighted by Gasteiger charge is -2.16. The van der Waals surface area contributed by atoms with Crippen molar-refractivity contribution >= 4 is 39.2 Å². The van der Waals surface area contributed by atoms with Crippen molar-refractivity contribution in [2.75, 3.05) is 12.4 Å². The van der Waals surface area contributed by atoms with Crippen LogP contribution in [0.25, 0.3) is 21.8 Å². The maximum atomic E-state index is 12.0. The van der Waals surface area contributed by atoms with Crippen LogP contribution in [-0.2, 0) is 11.3 Å². The Labute approximate surface area is 195 Å². The molecular formula is C25H23N7O2. The van der Waals surface area contributed by atoms with Crippen LogP contribution >= 0.6 is 0 Å². The normalized spacial score (nSPS) is 11.9. The van der Waals surface area contributed by atoms with Gasteiger partial charge in [0.1, 0.15) is 17.9 Å². The number of rotatable bonds is 7. The van der Waals surface area contributed by atoms with Crippen molar-refractivity contribution in [3.05, 3.63) is 79.0 Å². The van der Waals surface area contributed by atoms with Crippen LogP contribution in [0, 0.1) is 0 Å². The van der Waals surface area contributed by atoms with Crippen molar-refractivity contribution in [3.63, 3.8) is 0 Å². The molecule has 0 aliphatic carbocycles. The van der Waals surface area contributed by atoms with E-state index < -0.39 is 6.10 Å². The predicted octanol–water partition coefficient (Wildman–Crippen LogP) is 3.68. The van der Waals surface area contributed by atoms with Gasteiger partial charge in [-0.1, -0.05) is 12.1 Å². The molecule has 170 valence electrons. The summed E-state index contributed by atoms with van der Waals surface area (Å²) in [6, 6.07) is 17.4. The van der Waals surface area contributed by atoms with Gasteiger partial charge < -0.3 is 15.4 Å². The number of ether oxygens (including phenoxy) is 1. The minimum absolute atomic E-state index is 0.212. The molecule has 0 unspecified atom stereocenters. The highest BCUT2D eigenvalue weighted by Crippen LogP contribution is 2.32. The summed E-state index contributed by atoms with van der Waals surface area (Å²) >= 11 is 0. The maximum Gasteiger partial charge on any atom is 0.260 e. The number of hydrogen-bond donors (Lipinski definition) is 2. The lowest BCUT2D eigenvalue weighted by molar-refractivity contribution is -0.126. The van der Waals surface area contributed by atoms with Crippen LogP contribution in [0.2, 0.25) is 0 Å². The molecule has 0 saturated heterocycles. The van der Waals surface area contributed by atoms with Gasteiger partial charge in [0.25, 0.3) is 5.91 Å². The Morgan fingerprint density at radius 2 is 2.00 bits per heavy atom. The summed E-state index contributed by atoms with van der Waals surface area (Å²) in [5.41, 5.74) is 3.51. The van der Waals surface area contributed by atoms with Crippen molar-refractivity contribution in [2.45, 2.75) is 19.6 Å². The van der Waals surface area contributed by atoms with Gasteiger partial charge in [-0.25, -0.2) is 9.97 Å². The largest absolute Gasteiger partial charge is 0.480 e. The number of likely N-dealkylation sites (N-methyl/N-ethyl adjacent to an activating group) is 1. The number of aromatic nitrogens is 5. The first-order valence-corrected chi connectivity index (χ1v) is 10.9. The minimum Gasteiger partial charge on any atom is -0.480 e. The summed E-state index contributed by atoms with van der Waals surface area (Å²) in [7, 11) is 1.58. The summed E-state index contributed by atoms with van der Waals surface area (Å²) in [4.78, 5) is 25.2. The van der Waals surface area contributed by atoms with E-state index >= 15 is 0 Å². The monoisotopic (exact) mass is 453 g/mol. The first-order chi connectivity index (χ1) is 16.6. The minimum atomic E-state index is -0.662. The molecule has 3 aromatic heterocycles. The summed E-state index contributed by atoms with van der Waals surface area (Å²) in [6.07, 6.45) is 4.45. The highest BCUT2D eigenvalue weighted by Gasteiger charge is 2.17. The molecule has 5 rings (SSSR count). The molecule has 5 aromatic rings. The van der Waals surface area contributed by atoms with E-state index in [4.69, 9.17) is 4.74 Å². The fourth-order valence-corrected chi connectivity index (χ4v) is 3.79. The number of carbonyl (C=O) groups is 1. The van der Waals surface area contributed by atoms with E-state index in [1.54, 1.807) is 26.2 Å². The predicted molar refractivity (Wildman–Crippen MR) is 130 cm³/mol. The van der Waals surface area contributed by atoms with Crippen LogP contribution < -0.4 is 15.4 Å². The van der Waals surface area contributed by atoms with Crippen molar-refractivity contribution in [1.29, 1.82) is 0 Å². The zero-order valence-electron chi connectivity index (χ0n) is 18.8. The molecule has 0 bridgehead atoms. The average Bonchev–Trinajstić information content (AvgIpc) is 3.26. The van der Waals surface area contributed by atoms with Gasteiger partial charge in [-0.2, -0.15) is 5.10 Å². The molecule has 34 heavy (non-hydrogen) atoms. The van der Waals surface area contributed by atoms with E-state index in [-0.39, 0.29) is 5.91 Å². The van der Waals surface area contributed by atoms with Gasteiger partial charge in [0.05, 0.1) is 34.9 Å². The molecule has 0 spiro atoms. The third kappa shape index (κ3) is 4.23. The Hall–Kier alpha value is -4.53. The molecule has 2 aromatic carbocycles. The Bertz CT molecular complexity index is 1460. The molecule has 1 amide bonds. The van der Waals surface area contributed by atoms with Gasteiger partial charge in [-0.05, 0) is 49.4 Å². The van der Waals surface area contributed by atoms with Crippen LogP contribution in [0.1, 0.15) is 12.6 Å². The molecule has 0 fully saturated rings. The first-order valence-electron chi connectivity index (χ1n) is 10.9. The smallest absolute Gasteiger partial charge is 0.260 e. The summed E-state index contributed by atoms with van der Waals surface area (Å²) in [6.45, 7) is 2.29. The van der Waals surface area contributed by atoms with Crippen LogP contribution in [0.5, 0.6) is 5.75 Å². The zero-order valence-corrected chi connectivity index (χ0v) is 18.8. The Kier molecular flexibility index (Phi) is 5.73. The Morgan fingerprint density at radius 1 is 1.09 bits per heavy atom. The van der Waals surface area contributed by atoms with Gasteiger partial charge in [0.15, 0.2) is 6.10 Å². The van der Waals surface area contributed by atoms with Crippen molar-refractivity contribution < 1.29 is 9.53 Å². The van der Waals surface area contributed by atoms with Crippen LogP contribution in [0.15, 0.2) is 73.3 Å². The number of nitrogens with zero attached hydrogens (tertiary/aromatic N) is 5. The van der Waals surface area contributed by atoms with Gasteiger partial charge in [-0.15, -0.1) is 0 Å². The number of carbonyl (C=O) groups excluding carboxylic acids is 1. The molecular weight excluding hydrogens is 430 g/mol. The van der Waals surface area contributed by atoms with E-state index in [1.807, 2.05) is 59.4 Å². The third-order valence-electron chi connectivity index (χ3n) is 5.49. The lowest BCUT2D eigenvalue weighted by Crippen LogP contribution is -2.33. The zero-order chi connectivity index (χ0) is 23.5. The van der Waals surface area contributed by atoms with Gasteiger partial charge in [0, 0.05) is 24.3 Å². The van der Waals surface area contributed by atoms with Crippen LogP contribution in [-0.4, -0.2) is 43.8 Å². The number of pyridine rings is 1. The molecule has 0 saturated carbocycles. The SMILES string of the molecule is CNC(=O)[C@H](C)Oc1cccc2ncnc(Nc3ccc4c(cnn4Cc4ccccn4)c3)c12. The topological polar surface area (TPSA) is 107 Å². The summed E-state index contributed by atoms with van der Waals surface area (Å²) in [5, 5.41) is 12.2. The third-order valence-corrected chi connectivity index (χ3v) is 5.49. The van der Waals surface area contributed by atoms with E-state index in [2.05, 4.69) is 30.7 Å². The van der Waals surface area contributed by atoms with E-state index in [1.165, 1.54) is 6.33 Å². The van der Waals surface area contributed by atoms with Gasteiger partial charge in [-0.3, -0.25) is 14.5 Å². The van der Waals surface area contributed by atoms with E-state index in [9.17, 15) is 4.79 Å². The van der Waals surface area contributed by atoms with Crippen LogP contribution in [0.3, 0.4) is 0 Å². The molecule has 0 aliphatic heterocycles. The molecule has 3 heterocycles. The molecule has 1 atom stereocenters. The Balaban J connectivity index is 1.46. The molecule has 0 aliphatic rings. The number of hydrogen-bond acceptors (Lipinski definition) is 7. The quantitative estimate of drug-likeness (QED) is 0.387. The average molecular weight is 454 g/mol. The molecule has 9 nitrogen and oxygen atoms in total. The lowest BCUT2D eigenvalue weighted by atomic mass is 10.2. The van der Waals surface area contributed by atoms with Crippen molar-refractivity contribution in [1.82, 2.24) is 30.0 Å². The van der Waals surface area contributed by atoms with E-state index in [0.717, 1.165) is 22.3 Å². The Morgan fingerprint density at radius 3 is 2.82 bits per heavy atom. The summed E-state index contributed by atoms with van der Waals surface area (Å²) in [5.74, 6) is 0.905. The maximum absolute atomic E-state index is 12.0. The highest BCUT2D eigenvalue weighted by atomic mass is 16.5. The number of anilines is 2. The second-order valence-corrected chi connectivity index (χ2v) is 7.77. The van der Waals surface area contributed by atoms with E-state index in [0.29, 0.717) is 29.0 Å². The van der Waals surface area contributed by atoms with Crippen molar-refractivity contribution in [2.24, 2.45) is 0 Å². The van der Waals surface area contributed by atoms with Gasteiger partial charge >= 0.3 is 0 Å². The second kappa shape index (κ2) is 9.14. The number of fused-ring (bicyclic) bond motifs is 2. The van der Waals surface area contributed by atoms with Gasteiger partial charge in [0.2, 0.25) is 0 Å². The molecule has 0 radical (unpaired) electrons. The molecule has 9 heteroatoms. The fourth-order valence-electron chi connectivity index (χ4n) is 3.79. The molecule has 2 N–H and O–H groups in total. The second-order valence-electron chi connectivity index (χ2n) is 7.77. The number of nitrogens with one attached hydrogen (secondary N) is 2. The first kappa shape index (κ1) is 21.3. The highest BCUT2D eigenvalue weighted by molar-refractivity contribution is 5.96. The van der Waals surface area contributed by atoms with Crippen molar-refractivity contribution in [3.8, 4) is 5.75 Å². The number of amides is 1. The van der Waals surface area contributed by atoms with Crippen LogP contribution in [0.4, 0.5) is 11.5 Å². The fraction of sp³-hybridized carbons (Fsp3) is 0.160.